The van der Waals surface area contributed by atoms with Crippen LogP contribution in [-0.2, 0) is 12.8 Å². The summed E-state index contributed by atoms with van der Waals surface area (Å²) in [6.45, 7) is 2.22. The van der Waals surface area contributed by atoms with Crippen LogP contribution in [0.4, 0.5) is 4.79 Å². The lowest BCUT2D eigenvalue weighted by Gasteiger charge is -2.38. The van der Waals surface area contributed by atoms with Gasteiger partial charge in [0.15, 0.2) is 0 Å². The van der Waals surface area contributed by atoms with Crippen LogP contribution in [0.25, 0.3) is 0 Å². The highest BCUT2D eigenvalue weighted by atomic mass is 79.9. The van der Waals surface area contributed by atoms with Gasteiger partial charge in [-0.15, -0.1) is 11.3 Å². The summed E-state index contributed by atoms with van der Waals surface area (Å²) in [5.74, 6) is 6.33. The molecule has 0 spiro atoms. The molecule has 5 nitrogen and oxygen atoms in total. The first-order valence-corrected chi connectivity index (χ1v) is 14.9. The number of hydrogen-bond acceptors (Lipinski definition) is 6. The predicted molar refractivity (Wildman–Crippen MR) is 148 cm³/mol. The molecule has 1 amide bonds. The number of benzene rings is 1. The first-order valence-electron chi connectivity index (χ1n) is 11.3. The number of nitrogens with zero attached hydrogens (tertiary/aromatic N) is 2. The van der Waals surface area contributed by atoms with Crippen LogP contribution in [0.15, 0.2) is 51.6 Å². The van der Waals surface area contributed by atoms with Crippen LogP contribution in [0.1, 0.15) is 44.1 Å². The molecule has 9 heteroatoms. The van der Waals surface area contributed by atoms with Crippen molar-refractivity contribution >= 4 is 61.6 Å². The molecular weight excluding hydrogens is 564 g/mol. The summed E-state index contributed by atoms with van der Waals surface area (Å²) in [5, 5.41) is 17.4. The third kappa shape index (κ3) is 7.45. The van der Waals surface area contributed by atoms with Gasteiger partial charge < -0.3 is 5.11 Å². The van der Waals surface area contributed by atoms with Crippen molar-refractivity contribution in [3.8, 4) is 11.8 Å². The molecule has 2 aromatic heterocycles. The summed E-state index contributed by atoms with van der Waals surface area (Å²) in [6.07, 6.45) is 3.63. The molecule has 35 heavy (non-hydrogen) atoms. The van der Waals surface area contributed by atoms with Crippen molar-refractivity contribution in [1.29, 1.82) is 0 Å². The Bertz CT molecular complexity index is 1230. The Morgan fingerprint density at radius 2 is 1.94 bits per heavy atom. The molecule has 4 rings (SSSR count). The van der Waals surface area contributed by atoms with Gasteiger partial charge in [0.1, 0.15) is 4.88 Å². The van der Waals surface area contributed by atoms with Crippen LogP contribution < -0.4 is 0 Å². The van der Waals surface area contributed by atoms with E-state index in [4.69, 9.17) is 0 Å². The average Bonchev–Trinajstić information content (AvgIpc) is 3.50. The Labute approximate surface area is 226 Å². The number of aryl methyl sites for hydroxylation is 1. The van der Waals surface area contributed by atoms with Crippen LogP contribution in [0, 0.1) is 11.8 Å². The number of carboxylic acid groups (broad SMARTS) is 1. The monoisotopic (exact) mass is 588 g/mol. The van der Waals surface area contributed by atoms with Crippen molar-refractivity contribution in [2.24, 2.45) is 0 Å². The topological polar surface area (TPSA) is 60.9 Å². The van der Waals surface area contributed by atoms with E-state index in [-0.39, 0.29) is 5.24 Å². The Morgan fingerprint density at radius 1 is 1.09 bits per heavy atom. The van der Waals surface area contributed by atoms with E-state index in [2.05, 4.69) is 56.4 Å². The first-order chi connectivity index (χ1) is 17.0. The van der Waals surface area contributed by atoms with Gasteiger partial charge in [0.25, 0.3) is 5.24 Å². The SMILES string of the molecule is O=C(O)c1cc(Br)c(CCN2C(=O)SCCN2CCCCc2cccc(C#Cc3ccsc3)c2)s1. The molecular formula is C26H25BrN2O3S3. The third-order valence-electron chi connectivity index (χ3n) is 5.58. The van der Waals surface area contributed by atoms with Gasteiger partial charge in [0, 0.05) is 57.7 Å². The highest BCUT2D eigenvalue weighted by Crippen LogP contribution is 2.29. The Balaban J connectivity index is 1.27. The average molecular weight is 590 g/mol. The van der Waals surface area contributed by atoms with E-state index < -0.39 is 5.97 Å². The number of halogens is 1. The van der Waals surface area contributed by atoms with Crippen LogP contribution in [0.2, 0.25) is 0 Å². The number of thiophene rings is 2. The Kier molecular flexibility index (Phi) is 9.46. The van der Waals surface area contributed by atoms with Gasteiger partial charge in [0.05, 0.1) is 0 Å². The molecule has 0 atom stereocenters. The number of thioether (sulfide) groups is 1. The molecule has 0 aliphatic carbocycles. The normalized spacial score (nSPS) is 14.1. The zero-order valence-corrected chi connectivity index (χ0v) is 23.1. The molecule has 1 saturated heterocycles. The van der Waals surface area contributed by atoms with E-state index in [9.17, 15) is 14.7 Å². The van der Waals surface area contributed by atoms with Gasteiger partial charge >= 0.3 is 5.97 Å². The summed E-state index contributed by atoms with van der Waals surface area (Å²) in [7, 11) is 0. The zero-order chi connectivity index (χ0) is 24.6. The van der Waals surface area contributed by atoms with Gasteiger partial charge in [-0.1, -0.05) is 35.7 Å². The van der Waals surface area contributed by atoms with Crippen molar-refractivity contribution in [2.75, 3.05) is 25.4 Å². The Morgan fingerprint density at radius 3 is 2.71 bits per heavy atom. The molecule has 3 heterocycles. The molecule has 1 fully saturated rings. The van der Waals surface area contributed by atoms with E-state index in [1.807, 2.05) is 22.5 Å². The molecule has 0 saturated carbocycles. The second-order valence-corrected chi connectivity index (χ2v) is 11.9. The molecule has 1 N–H and O–H groups in total. The number of unbranched alkanes of at least 4 members (excludes halogenated alkanes) is 1. The number of carbonyl (C=O) groups is 2. The maximum atomic E-state index is 12.6. The highest BCUT2D eigenvalue weighted by Gasteiger charge is 2.26. The second kappa shape index (κ2) is 12.7. The third-order valence-corrected chi connectivity index (χ3v) is 9.26. The van der Waals surface area contributed by atoms with Crippen LogP contribution in [0.5, 0.6) is 0 Å². The first kappa shape index (κ1) is 26.0. The van der Waals surface area contributed by atoms with Crippen molar-refractivity contribution in [2.45, 2.75) is 25.7 Å². The summed E-state index contributed by atoms with van der Waals surface area (Å²) in [4.78, 5) is 25.1. The summed E-state index contributed by atoms with van der Waals surface area (Å²) < 4.78 is 0.797. The lowest BCUT2D eigenvalue weighted by atomic mass is 10.1. The van der Waals surface area contributed by atoms with Crippen molar-refractivity contribution < 1.29 is 14.7 Å². The fourth-order valence-electron chi connectivity index (χ4n) is 3.81. The Hall–Kier alpha value is -2.09. The van der Waals surface area contributed by atoms with Gasteiger partial charge in [0.2, 0.25) is 0 Å². The molecule has 0 bridgehead atoms. The van der Waals surface area contributed by atoms with Crippen molar-refractivity contribution in [3.05, 3.63) is 78.1 Å². The largest absolute Gasteiger partial charge is 0.477 e. The molecule has 0 unspecified atom stereocenters. The lowest BCUT2D eigenvalue weighted by Crippen LogP contribution is -2.50. The van der Waals surface area contributed by atoms with E-state index in [1.165, 1.54) is 28.7 Å². The smallest absolute Gasteiger partial charge is 0.345 e. The number of amides is 1. The summed E-state index contributed by atoms with van der Waals surface area (Å²) in [6, 6.07) is 12.1. The maximum absolute atomic E-state index is 12.6. The standard InChI is InChI=1S/C26H25BrN2O3S3/c27-22-17-24(25(30)31)35-23(22)9-12-29-26(32)34-15-13-28(29)11-2-1-4-19-5-3-6-20(16-19)7-8-21-10-14-33-18-21/h3,5-6,10,14,16-18H,1-2,4,9,11-13,15H2,(H,30,31). The molecule has 1 aromatic carbocycles. The van der Waals surface area contributed by atoms with Crippen LogP contribution in [0.3, 0.4) is 0 Å². The van der Waals surface area contributed by atoms with Gasteiger partial charge in [-0.25, -0.2) is 9.80 Å². The van der Waals surface area contributed by atoms with Crippen LogP contribution >= 0.6 is 50.4 Å². The number of aromatic carboxylic acids is 1. The number of carbonyl (C=O) groups excluding carboxylic acids is 1. The van der Waals surface area contributed by atoms with Gasteiger partial charge in [-0.3, -0.25) is 9.80 Å². The van der Waals surface area contributed by atoms with E-state index in [1.54, 1.807) is 17.4 Å². The van der Waals surface area contributed by atoms with Crippen LogP contribution in [-0.4, -0.2) is 51.7 Å². The predicted octanol–water partition coefficient (Wildman–Crippen LogP) is 6.62. The lowest BCUT2D eigenvalue weighted by molar-refractivity contribution is 0.0270. The fraction of sp³-hybridized carbons (Fsp3) is 0.308. The molecule has 1 aliphatic rings. The van der Waals surface area contributed by atoms with Gasteiger partial charge in [-0.2, -0.15) is 11.3 Å². The second-order valence-electron chi connectivity index (χ2n) is 8.05. The van der Waals surface area contributed by atoms with E-state index in [0.717, 1.165) is 58.6 Å². The minimum Gasteiger partial charge on any atom is -0.477 e. The molecule has 182 valence electrons. The molecule has 1 aliphatic heterocycles. The molecule has 3 aromatic rings. The maximum Gasteiger partial charge on any atom is 0.345 e. The highest BCUT2D eigenvalue weighted by molar-refractivity contribution is 9.10. The van der Waals surface area contributed by atoms with Crippen molar-refractivity contribution in [3.63, 3.8) is 0 Å². The number of carboxylic acids is 1. The number of hydrogen-bond donors (Lipinski definition) is 1. The zero-order valence-electron chi connectivity index (χ0n) is 19.0. The fourth-order valence-corrected chi connectivity index (χ4v) is 6.93. The summed E-state index contributed by atoms with van der Waals surface area (Å²) >= 11 is 7.72. The van der Waals surface area contributed by atoms with E-state index >= 15 is 0 Å². The number of hydrazine groups is 1. The minimum absolute atomic E-state index is 0.0688. The molecule has 0 radical (unpaired) electrons. The minimum atomic E-state index is -0.923. The quantitative estimate of drug-likeness (QED) is 0.225. The number of rotatable bonds is 9. The van der Waals surface area contributed by atoms with Crippen molar-refractivity contribution in [1.82, 2.24) is 10.0 Å². The van der Waals surface area contributed by atoms with E-state index in [0.29, 0.717) is 17.8 Å². The van der Waals surface area contributed by atoms with Gasteiger partial charge in [-0.05, 0) is 70.4 Å². The summed E-state index contributed by atoms with van der Waals surface area (Å²) in [5.41, 5.74) is 3.36.